The lowest BCUT2D eigenvalue weighted by Gasteiger charge is -2.21. The van der Waals surface area contributed by atoms with Crippen LogP contribution in [0.15, 0.2) is 36.4 Å². The SMILES string of the molecule is CCCCc1cccc(PC(C)Pc2cccc(CCCC)c2CCCC)c1CCCC. The van der Waals surface area contributed by atoms with Crippen LogP contribution in [0.3, 0.4) is 0 Å². The number of aryl methyl sites for hydroxylation is 2. The largest absolute Gasteiger partial charge is 0.0827 e. The zero-order valence-electron chi connectivity index (χ0n) is 21.5. The Hall–Kier alpha value is -0.700. The summed E-state index contributed by atoms with van der Waals surface area (Å²) in [5, 5.41) is 4.05. The summed E-state index contributed by atoms with van der Waals surface area (Å²) >= 11 is 0. The van der Waals surface area contributed by atoms with Crippen LogP contribution in [-0.4, -0.2) is 5.40 Å². The third kappa shape index (κ3) is 8.92. The van der Waals surface area contributed by atoms with Crippen molar-refractivity contribution in [3.63, 3.8) is 0 Å². The molecule has 32 heavy (non-hydrogen) atoms. The molecular formula is C30H48P2. The summed E-state index contributed by atoms with van der Waals surface area (Å²) < 4.78 is 0. The van der Waals surface area contributed by atoms with Gasteiger partial charge in [0.25, 0.3) is 0 Å². The first-order valence-corrected chi connectivity index (χ1v) is 15.5. The molecule has 2 rings (SSSR count). The second-order valence-corrected chi connectivity index (χ2v) is 13.3. The van der Waals surface area contributed by atoms with Crippen molar-refractivity contribution >= 4 is 27.8 Å². The van der Waals surface area contributed by atoms with E-state index in [0.717, 1.165) is 22.6 Å². The second-order valence-electron chi connectivity index (χ2n) is 9.31. The summed E-state index contributed by atoms with van der Waals surface area (Å²) in [5.41, 5.74) is 6.65. The van der Waals surface area contributed by atoms with Crippen LogP contribution >= 0.6 is 17.2 Å². The van der Waals surface area contributed by atoms with Crippen LogP contribution in [0.2, 0.25) is 0 Å². The standard InChI is InChI=1S/C30H48P2/c1-6-10-16-25-18-14-22-29(27(25)20-12-8-3)31-24(5)32-30-23-15-19-26(17-11-7-2)28(30)21-13-9-4/h14-15,18-19,22-24,31-32H,6-13,16-17,20-21H2,1-5H3. The molecule has 0 saturated heterocycles. The Morgan fingerprint density at radius 2 is 0.938 bits per heavy atom. The molecule has 2 unspecified atom stereocenters. The van der Waals surface area contributed by atoms with Gasteiger partial charge in [0.15, 0.2) is 0 Å². The van der Waals surface area contributed by atoms with Gasteiger partial charge in [-0.05, 0) is 89.6 Å². The quantitative estimate of drug-likeness (QED) is 0.215. The van der Waals surface area contributed by atoms with E-state index in [9.17, 15) is 0 Å². The van der Waals surface area contributed by atoms with Crippen molar-refractivity contribution in [1.82, 2.24) is 0 Å². The first-order valence-electron chi connectivity index (χ1n) is 13.4. The van der Waals surface area contributed by atoms with Crippen molar-refractivity contribution in [2.24, 2.45) is 0 Å². The van der Waals surface area contributed by atoms with Crippen LogP contribution in [-0.2, 0) is 25.7 Å². The van der Waals surface area contributed by atoms with Crippen molar-refractivity contribution in [1.29, 1.82) is 0 Å². The lowest BCUT2D eigenvalue weighted by Crippen LogP contribution is -2.14. The Morgan fingerprint density at radius 1 is 0.562 bits per heavy atom. The predicted molar refractivity (Wildman–Crippen MR) is 153 cm³/mol. The van der Waals surface area contributed by atoms with Gasteiger partial charge in [0.2, 0.25) is 0 Å². The number of unbranched alkanes of at least 4 members (excludes halogenated alkanes) is 4. The lowest BCUT2D eigenvalue weighted by molar-refractivity contribution is 0.760. The molecule has 0 nitrogen and oxygen atoms in total. The van der Waals surface area contributed by atoms with Gasteiger partial charge in [0.05, 0.1) is 0 Å². The molecule has 0 radical (unpaired) electrons. The van der Waals surface area contributed by atoms with Crippen LogP contribution in [0.25, 0.3) is 0 Å². The predicted octanol–water partition coefficient (Wildman–Crippen LogP) is 8.71. The highest BCUT2D eigenvalue weighted by Crippen LogP contribution is 2.36. The average Bonchev–Trinajstić information content (AvgIpc) is 2.80. The first-order chi connectivity index (χ1) is 15.6. The van der Waals surface area contributed by atoms with E-state index in [2.05, 4.69) is 71.0 Å². The van der Waals surface area contributed by atoms with Crippen molar-refractivity contribution in [3.05, 3.63) is 58.7 Å². The Kier molecular flexibility index (Phi) is 13.8. The van der Waals surface area contributed by atoms with Gasteiger partial charge in [0.1, 0.15) is 0 Å². The minimum Gasteiger partial charge on any atom is -0.0827 e. The zero-order valence-corrected chi connectivity index (χ0v) is 23.5. The van der Waals surface area contributed by atoms with Crippen molar-refractivity contribution < 1.29 is 0 Å². The molecule has 2 aromatic rings. The van der Waals surface area contributed by atoms with E-state index < -0.39 is 0 Å². The molecule has 178 valence electrons. The summed E-state index contributed by atoms with van der Waals surface area (Å²) in [6, 6.07) is 14.3. The highest BCUT2D eigenvalue weighted by molar-refractivity contribution is 7.65. The van der Waals surface area contributed by atoms with Gasteiger partial charge in [-0.3, -0.25) is 0 Å². The van der Waals surface area contributed by atoms with Gasteiger partial charge in [-0.1, -0.05) is 114 Å². The number of hydrogen-bond acceptors (Lipinski definition) is 0. The average molecular weight is 471 g/mol. The topological polar surface area (TPSA) is 0 Å². The molecule has 0 spiro atoms. The van der Waals surface area contributed by atoms with Gasteiger partial charge < -0.3 is 0 Å². The van der Waals surface area contributed by atoms with Crippen molar-refractivity contribution in [2.75, 3.05) is 0 Å². The number of benzene rings is 2. The van der Waals surface area contributed by atoms with Gasteiger partial charge in [-0.15, -0.1) is 0 Å². The summed E-state index contributed by atoms with van der Waals surface area (Å²) in [6.45, 7) is 11.8. The second kappa shape index (κ2) is 16.0. The summed E-state index contributed by atoms with van der Waals surface area (Å²) in [7, 11) is 1.85. The molecule has 0 fully saturated rings. The maximum atomic E-state index is 2.50. The molecule has 0 aliphatic heterocycles. The number of rotatable bonds is 16. The van der Waals surface area contributed by atoms with Crippen LogP contribution in [0.5, 0.6) is 0 Å². The molecule has 0 amide bonds. The van der Waals surface area contributed by atoms with Crippen molar-refractivity contribution in [2.45, 2.75) is 117 Å². The van der Waals surface area contributed by atoms with E-state index in [4.69, 9.17) is 0 Å². The Bertz CT molecular complexity index is 715. The fourth-order valence-electron chi connectivity index (χ4n) is 4.54. The number of hydrogen-bond donors (Lipinski definition) is 0. The fraction of sp³-hybridized carbons (Fsp3) is 0.600. The monoisotopic (exact) mass is 470 g/mol. The molecule has 0 heterocycles. The van der Waals surface area contributed by atoms with E-state index in [1.165, 1.54) is 77.0 Å². The third-order valence-electron chi connectivity index (χ3n) is 6.45. The van der Waals surface area contributed by atoms with Gasteiger partial charge in [0, 0.05) is 0 Å². The minimum absolute atomic E-state index is 0.735. The molecule has 0 aliphatic carbocycles. The van der Waals surface area contributed by atoms with Gasteiger partial charge in [-0.2, -0.15) is 0 Å². The van der Waals surface area contributed by atoms with Crippen LogP contribution in [0, 0.1) is 0 Å². The van der Waals surface area contributed by atoms with E-state index >= 15 is 0 Å². The van der Waals surface area contributed by atoms with Crippen LogP contribution < -0.4 is 10.6 Å². The maximum absolute atomic E-state index is 2.50. The molecule has 0 N–H and O–H groups in total. The van der Waals surface area contributed by atoms with Crippen LogP contribution in [0.1, 0.15) is 108 Å². The fourth-order valence-corrected chi connectivity index (χ4v) is 8.00. The summed E-state index contributed by atoms with van der Waals surface area (Å²) in [5.74, 6) is 0. The Labute approximate surface area is 203 Å². The van der Waals surface area contributed by atoms with Gasteiger partial charge in [-0.25, -0.2) is 0 Å². The normalized spacial score (nSPS) is 13.0. The molecule has 0 aromatic heterocycles. The highest BCUT2D eigenvalue weighted by atomic mass is 31.1. The van der Waals surface area contributed by atoms with Crippen LogP contribution in [0.4, 0.5) is 0 Å². The molecule has 0 saturated carbocycles. The zero-order chi connectivity index (χ0) is 23.2. The van der Waals surface area contributed by atoms with E-state index in [1.807, 2.05) is 0 Å². The van der Waals surface area contributed by atoms with Gasteiger partial charge >= 0.3 is 0 Å². The molecule has 0 aliphatic rings. The smallest absolute Gasteiger partial charge is 0.000828 e. The third-order valence-corrected chi connectivity index (χ3v) is 9.74. The van der Waals surface area contributed by atoms with Crippen molar-refractivity contribution in [3.8, 4) is 0 Å². The first kappa shape index (κ1) is 27.5. The summed E-state index contributed by atoms with van der Waals surface area (Å²) in [6.07, 6.45) is 15.4. The molecule has 2 heteroatoms. The minimum atomic E-state index is 0.735. The highest BCUT2D eigenvalue weighted by Gasteiger charge is 2.15. The maximum Gasteiger partial charge on any atom is -0.000828 e. The summed E-state index contributed by atoms with van der Waals surface area (Å²) in [4.78, 5) is 0. The lowest BCUT2D eigenvalue weighted by atomic mass is 9.98. The molecule has 2 atom stereocenters. The van der Waals surface area contributed by atoms with E-state index in [0.29, 0.717) is 0 Å². The molecule has 0 bridgehead atoms. The Morgan fingerprint density at radius 3 is 1.31 bits per heavy atom. The Balaban J connectivity index is 2.21. The van der Waals surface area contributed by atoms with E-state index in [1.54, 1.807) is 32.9 Å². The molecular weight excluding hydrogens is 422 g/mol. The van der Waals surface area contributed by atoms with E-state index in [-0.39, 0.29) is 0 Å². The molecule has 2 aromatic carbocycles.